The summed E-state index contributed by atoms with van der Waals surface area (Å²) in [7, 11) is 1.37. The van der Waals surface area contributed by atoms with Gasteiger partial charge in [-0.2, -0.15) is 0 Å². The van der Waals surface area contributed by atoms with Gasteiger partial charge in [-0.25, -0.2) is 4.79 Å². The summed E-state index contributed by atoms with van der Waals surface area (Å²) in [5, 5.41) is 4.25. The van der Waals surface area contributed by atoms with Crippen molar-refractivity contribution in [3.05, 3.63) is 34.9 Å². The molecule has 26 heavy (non-hydrogen) atoms. The Labute approximate surface area is 152 Å². The van der Waals surface area contributed by atoms with Crippen LogP contribution in [-0.4, -0.2) is 36.8 Å². The summed E-state index contributed by atoms with van der Waals surface area (Å²) >= 11 is 0. The van der Waals surface area contributed by atoms with Crippen LogP contribution in [-0.2, 0) is 27.2 Å². The monoisotopic (exact) mass is 360 g/mol. The SMILES string of the molecule is CNC(=O)NC(=O)[C@H](C)OC(=O)CCC(=O)c1ccc2c(c1)CCCC2. The van der Waals surface area contributed by atoms with E-state index >= 15 is 0 Å². The molecule has 0 saturated carbocycles. The number of imide groups is 1. The Morgan fingerprint density at radius 1 is 1.08 bits per heavy atom. The molecule has 1 aromatic rings. The number of ketones is 1. The third kappa shape index (κ3) is 5.40. The van der Waals surface area contributed by atoms with E-state index < -0.39 is 24.0 Å². The Balaban J connectivity index is 1.82. The maximum absolute atomic E-state index is 12.3. The van der Waals surface area contributed by atoms with Crippen LogP contribution in [0.15, 0.2) is 18.2 Å². The summed E-state index contributed by atoms with van der Waals surface area (Å²) in [6.07, 6.45) is 3.13. The number of benzene rings is 1. The molecule has 1 atom stereocenters. The van der Waals surface area contributed by atoms with Crippen LogP contribution in [0.1, 0.15) is 54.1 Å². The average Bonchev–Trinajstić information content (AvgIpc) is 2.65. The lowest BCUT2D eigenvalue weighted by molar-refractivity contribution is -0.154. The van der Waals surface area contributed by atoms with Gasteiger partial charge in [0.1, 0.15) is 0 Å². The van der Waals surface area contributed by atoms with Gasteiger partial charge in [-0.1, -0.05) is 12.1 Å². The standard InChI is InChI=1S/C19H24N2O5/c1-12(18(24)21-19(25)20-2)26-17(23)10-9-16(22)15-8-7-13-5-3-4-6-14(13)11-15/h7-8,11-12H,3-6,9-10H2,1-2H3,(H2,20,21,24,25)/t12-/m0/s1. The highest BCUT2D eigenvalue weighted by molar-refractivity contribution is 5.99. The van der Waals surface area contributed by atoms with Gasteiger partial charge >= 0.3 is 12.0 Å². The summed E-state index contributed by atoms with van der Waals surface area (Å²) in [6.45, 7) is 1.36. The molecule has 2 N–H and O–H groups in total. The zero-order valence-corrected chi connectivity index (χ0v) is 15.1. The molecular formula is C19H24N2O5. The number of hydrogen-bond donors (Lipinski definition) is 2. The first kappa shape index (κ1) is 19.6. The number of Topliss-reactive ketones (excluding diaryl/α,β-unsaturated/α-hetero) is 1. The smallest absolute Gasteiger partial charge is 0.321 e. The molecule has 7 heteroatoms. The van der Waals surface area contributed by atoms with Gasteiger partial charge in [-0.15, -0.1) is 0 Å². The first-order chi connectivity index (χ1) is 12.4. The van der Waals surface area contributed by atoms with Gasteiger partial charge in [-0.05, 0) is 49.8 Å². The summed E-state index contributed by atoms with van der Waals surface area (Å²) in [6, 6.07) is 5.03. The highest BCUT2D eigenvalue weighted by atomic mass is 16.5. The molecule has 1 aliphatic carbocycles. The first-order valence-electron chi connectivity index (χ1n) is 8.77. The Morgan fingerprint density at radius 2 is 1.77 bits per heavy atom. The molecule has 0 unspecified atom stereocenters. The van der Waals surface area contributed by atoms with Crippen molar-refractivity contribution in [1.29, 1.82) is 0 Å². The van der Waals surface area contributed by atoms with Crippen molar-refractivity contribution in [3.8, 4) is 0 Å². The zero-order chi connectivity index (χ0) is 19.1. The number of fused-ring (bicyclic) bond motifs is 1. The highest BCUT2D eigenvalue weighted by Crippen LogP contribution is 2.23. The predicted octanol–water partition coefficient (Wildman–Crippen LogP) is 1.92. The molecule has 0 aliphatic heterocycles. The molecule has 0 bridgehead atoms. The predicted molar refractivity (Wildman–Crippen MR) is 94.8 cm³/mol. The maximum Gasteiger partial charge on any atom is 0.321 e. The van der Waals surface area contributed by atoms with Crippen molar-refractivity contribution in [2.24, 2.45) is 0 Å². The first-order valence-corrected chi connectivity index (χ1v) is 8.77. The number of rotatable bonds is 6. The molecule has 0 radical (unpaired) electrons. The van der Waals surface area contributed by atoms with E-state index in [-0.39, 0.29) is 18.6 Å². The van der Waals surface area contributed by atoms with Crippen molar-refractivity contribution in [2.75, 3.05) is 7.05 Å². The number of hydrogen-bond acceptors (Lipinski definition) is 5. The summed E-state index contributed by atoms with van der Waals surface area (Å²) in [5.41, 5.74) is 3.11. The van der Waals surface area contributed by atoms with Crippen LogP contribution in [0.5, 0.6) is 0 Å². The minimum Gasteiger partial charge on any atom is -0.453 e. The van der Waals surface area contributed by atoms with E-state index in [9.17, 15) is 19.2 Å². The van der Waals surface area contributed by atoms with Crippen LogP contribution in [0.4, 0.5) is 4.79 Å². The van der Waals surface area contributed by atoms with Crippen LogP contribution in [0.3, 0.4) is 0 Å². The van der Waals surface area contributed by atoms with Crippen LogP contribution in [0, 0.1) is 0 Å². The van der Waals surface area contributed by atoms with Gasteiger partial charge in [-0.3, -0.25) is 19.7 Å². The molecule has 1 aliphatic rings. The molecule has 0 spiro atoms. The van der Waals surface area contributed by atoms with E-state index in [1.165, 1.54) is 31.5 Å². The number of ether oxygens (including phenoxy) is 1. The van der Waals surface area contributed by atoms with Crippen molar-refractivity contribution in [3.63, 3.8) is 0 Å². The summed E-state index contributed by atoms with van der Waals surface area (Å²) in [5.74, 6) is -1.51. The number of amides is 3. The normalized spacial score (nSPS) is 13.9. The van der Waals surface area contributed by atoms with E-state index in [0.29, 0.717) is 5.56 Å². The number of nitrogens with one attached hydrogen (secondary N) is 2. The Kier molecular flexibility index (Phi) is 6.89. The fraction of sp³-hybridized carbons (Fsp3) is 0.474. The molecule has 7 nitrogen and oxygen atoms in total. The van der Waals surface area contributed by atoms with Gasteiger partial charge in [0.25, 0.3) is 5.91 Å². The Hall–Kier alpha value is -2.70. The molecule has 0 fully saturated rings. The number of urea groups is 1. The topological polar surface area (TPSA) is 102 Å². The van der Waals surface area contributed by atoms with Crippen LogP contribution >= 0.6 is 0 Å². The van der Waals surface area contributed by atoms with Crippen molar-refractivity contribution in [2.45, 2.75) is 51.6 Å². The van der Waals surface area contributed by atoms with Crippen LogP contribution in [0.25, 0.3) is 0 Å². The number of carbonyl (C=O) groups is 4. The molecule has 1 aromatic carbocycles. The van der Waals surface area contributed by atoms with Crippen molar-refractivity contribution in [1.82, 2.24) is 10.6 Å². The molecule has 0 aromatic heterocycles. The maximum atomic E-state index is 12.3. The van der Waals surface area contributed by atoms with Crippen LogP contribution in [0.2, 0.25) is 0 Å². The van der Waals surface area contributed by atoms with E-state index in [1.807, 2.05) is 17.4 Å². The molecule has 0 saturated heterocycles. The highest BCUT2D eigenvalue weighted by Gasteiger charge is 2.20. The van der Waals surface area contributed by atoms with Gasteiger partial charge in [0.2, 0.25) is 0 Å². The second-order valence-electron chi connectivity index (χ2n) is 6.31. The minimum atomic E-state index is -1.11. The molecule has 3 amide bonds. The Bertz CT molecular complexity index is 714. The number of carbonyl (C=O) groups excluding carboxylic acids is 4. The van der Waals surface area contributed by atoms with Crippen LogP contribution < -0.4 is 10.6 Å². The Morgan fingerprint density at radius 3 is 2.46 bits per heavy atom. The third-order valence-corrected chi connectivity index (χ3v) is 4.37. The van der Waals surface area contributed by atoms with Gasteiger partial charge in [0.05, 0.1) is 6.42 Å². The molecule has 0 heterocycles. The number of esters is 1. The zero-order valence-electron chi connectivity index (χ0n) is 15.1. The van der Waals surface area contributed by atoms with Crippen molar-refractivity contribution < 1.29 is 23.9 Å². The lowest BCUT2D eigenvalue weighted by atomic mass is 9.89. The summed E-state index contributed by atoms with van der Waals surface area (Å²) < 4.78 is 4.95. The van der Waals surface area contributed by atoms with E-state index in [0.717, 1.165) is 19.3 Å². The summed E-state index contributed by atoms with van der Waals surface area (Å²) in [4.78, 5) is 46.8. The van der Waals surface area contributed by atoms with E-state index in [1.54, 1.807) is 6.07 Å². The minimum absolute atomic E-state index is 0.0153. The fourth-order valence-corrected chi connectivity index (χ4v) is 2.85. The molecule has 140 valence electrons. The van der Waals surface area contributed by atoms with Gasteiger partial charge < -0.3 is 10.1 Å². The third-order valence-electron chi connectivity index (χ3n) is 4.37. The molecule has 2 rings (SSSR count). The fourth-order valence-electron chi connectivity index (χ4n) is 2.85. The second kappa shape index (κ2) is 9.12. The molecular weight excluding hydrogens is 336 g/mol. The lowest BCUT2D eigenvalue weighted by Gasteiger charge is -2.16. The quantitative estimate of drug-likeness (QED) is 0.596. The van der Waals surface area contributed by atoms with Gasteiger partial charge in [0.15, 0.2) is 11.9 Å². The van der Waals surface area contributed by atoms with E-state index in [4.69, 9.17) is 4.74 Å². The largest absolute Gasteiger partial charge is 0.453 e. The second-order valence-corrected chi connectivity index (χ2v) is 6.31. The van der Waals surface area contributed by atoms with Crippen molar-refractivity contribution >= 4 is 23.7 Å². The lowest BCUT2D eigenvalue weighted by Crippen LogP contribution is -2.43. The van der Waals surface area contributed by atoms with E-state index in [2.05, 4.69) is 5.32 Å². The number of aryl methyl sites for hydroxylation is 2. The average molecular weight is 360 g/mol. The van der Waals surface area contributed by atoms with Gasteiger partial charge in [0, 0.05) is 19.0 Å².